The molecule has 2 heterocycles. The molecule has 0 radical (unpaired) electrons. The lowest BCUT2D eigenvalue weighted by Gasteiger charge is -2.16. The molecule has 2 aromatic carbocycles. The molecule has 28 heavy (non-hydrogen) atoms. The number of alkyl halides is 3. The topological polar surface area (TPSA) is 50.4 Å². The predicted octanol–water partition coefficient (Wildman–Crippen LogP) is 4.49. The van der Waals surface area contributed by atoms with E-state index in [2.05, 4.69) is 9.98 Å². The number of fused-ring (bicyclic) bond motifs is 3. The molecule has 3 aromatic rings. The smallest absolute Gasteiger partial charge is 0.365 e. The van der Waals surface area contributed by atoms with Gasteiger partial charge in [0, 0.05) is 16.8 Å². The summed E-state index contributed by atoms with van der Waals surface area (Å²) in [6.45, 7) is 3.48. The summed E-state index contributed by atoms with van der Waals surface area (Å²) in [7, 11) is 0. The first-order valence-corrected chi connectivity index (χ1v) is 8.47. The number of halogens is 4. The van der Waals surface area contributed by atoms with Crippen molar-refractivity contribution in [3.8, 4) is 5.69 Å². The number of aliphatic imine (C=N–C) groups is 1. The Labute approximate surface area is 157 Å². The lowest BCUT2D eigenvalue weighted by atomic mass is 9.97. The lowest BCUT2D eigenvalue weighted by Crippen LogP contribution is -2.13. The van der Waals surface area contributed by atoms with E-state index in [9.17, 15) is 22.7 Å². The van der Waals surface area contributed by atoms with Gasteiger partial charge in [-0.15, -0.1) is 0 Å². The van der Waals surface area contributed by atoms with Gasteiger partial charge >= 0.3 is 6.18 Å². The zero-order chi connectivity index (χ0) is 20.2. The summed E-state index contributed by atoms with van der Waals surface area (Å²) in [5, 5.41) is 10.6. The molecular formula is C20H15F4N3O. The van der Waals surface area contributed by atoms with Crippen molar-refractivity contribution in [2.45, 2.75) is 26.3 Å². The van der Waals surface area contributed by atoms with Gasteiger partial charge in [-0.1, -0.05) is 12.1 Å². The van der Waals surface area contributed by atoms with E-state index >= 15 is 0 Å². The van der Waals surface area contributed by atoms with Crippen molar-refractivity contribution in [3.05, 3.63) is 82.2 Å². The summed E-state index contributed by atoms with van der Waals surface area (Å²) in [4.78, 5) is 8.45. The van der Waals surface area contributed by atoms with Crippen LogP contribution in [0.3, 0.4) is 0 Å². The average Bonchev–Trinajstić information content (AvgIpc) is 2.87. The molecule has 0 bridgehead atoms. The van der Waals surface area contributed by atoms with Crippen molar-refractivity contribution in [1.29, 1.82) is 0 Å². The van der Waals surface area contributed by atoms with Crippen LogP contribution in [0.5, 0.6) is 0 Å². The molecule has 144 valence electrons. The van der Waals surface area contributed by atoms with Crippen LogP contribution in [0.15, 0.2) is 47.5 Å². The Kier molecular flexibility index (Phi) is 4.11. The molecule has 0 saturated heterocycles. The molecule has 0 fully saturated rings. The Balaban J connectivity index is 2.08. The summed E-state index contributed by atoms with van der Waals surface area (Å²) in [5.41, 5.74) is 0.738. The van der Waals surface area contributed by atoms with Crippen LogP contribution in [0.25, 0.3) is 5.69 Å². The molecule has 1 atom stereocenters. The Morgan fingerprint density at radius 3 is 2.43 bits per heavy atom. The van der Waals surface area contributed by atoms with E-state index in [-0.39, 0.29) is 22.7 Å². The van der Waals surface area contributed by atoms with Gasteiger partial charge < -0.3 is 5.11 Å². The lowest BCUT2D eigenvalue weighted by molar-refractivity contribution is -0.137. The summed E-state index contributed by atoms with van der Waals surface area (Å²) < 4.78 is 56.0. The summed E-state index contributed by atoms with van der Waals surface area (Å²) in [6.07, 6.45) is -6.04. The Morgan fingerprint density at radius 1 is 1.04 bits per heavy atom. The second-order valence-corrected chi connectivity index (χ2v) is 6.54. The fourth-order valence-corrected chi connectivity index (χ4v) is 3.33. The molecule has 0 amide bonds. The predicted molar refractivity (Wildman–Crippen MR) is 95.0 cm³/mol. The van der Waals surface area contributed by atoms with Gasteiger partial charge in [0.2, 0.25) is 6.23 Å². The number of benzene rings is 2. The van der Waals surface area contributed by atoms with Gasteiger partial charge in [0.1, 0.15) is 5.82 Å². The van der Waals surface area contributed by atoms with Crippen LogP contribution >= 0.6 is 0 Å². The van der Waals surface area contributed by atoms with Crippen molar-refractivity contribution >= 4 is 5.71 Å². The number of aliphatic hydroxyl groups is 1. The molecule has 1 aliphatic heterocycles. The Bertz CT molecular complexity index is 1120. The van der Waals surface area contributed by atoms with Gasteiger partial charge in [0.05, 0.1) is 22.7 Å². The molecule has 0 spiro atoms. The van der Waals surface area contributed by atoms with Crippen LogP contribution in [0.2, 0.25) is 0 Å². The summed E-state index contributed by atoms with van der Waals surface area (Å²) >= 11 is 0. The van der Waals surface area contributed by atoms with Crippen molar-refractivity contribution in [1.82, 2.24) is 9.55 Å². The number of hydrogen-bond acceptors (Lipinski definition) is 3. The summed E-state index contributed by atoms with van der Waals surface area (Å²) in [6, 6.07) is 8.81. The number of hydrogen-bond donors (Lipinski definition) is 1. The fraction of sp³-hybridized carbons (Fsp3) is 0.200. The maximum atomic E-state index is 14.5. The molecule has 8 heteroatoms. The standard InChI is InChI=1S/C20H15F4N3O/c1-10-11(2)27-16-8-7-12(20(22,23)24)9-14(16)17(26-19(28)18(27)25-10)13-5-3-4-6-15(13)21/h3-9,19,28H,1-2H3. The van der Waals surface area contributed by atoms with Crippen LogP contribution < -0.4 is 0 Å². The first-order valence-electron chi connectivity index (χ1n) is 8.47. The number of aromatic nitrogens is 2. The highest BCUT2D eigenvalue weighted by Crippen LogP contribution is 2.36. The zero-order valence-corrected chi connectivity index (χ0v) is 14.9. The minimum atomic E-state index is -4.58. The van der Waals surface area contributed by atoms with Crippen LogP contribution in [0.1, 0.15) is 40.1 Å². The van der Waals surface area contributed by atoms with Crippen LogP contribution in [0, 0.1) is 19.7 Å². The second-order valence-electron chi connectivity index (χ2n) is 6.54. The van der Waals surface area contributed by atoms with E-state index in [4.69, 9.17) is 0 Å². The van der Waals surface area contributed by atoms with E-state index in [1.807, 2.05) is 0 Å². The number of nitrogens with zero attached hydrogens (tertiary/aromatic N) is 3. The Morgan fingerprint density at radius 2 is 1.75 bits per heavy atom. The highest BCUT2D eigenvalue weighted by atomic mass is 19.4. The molecule has 1 aromatic heterocycles. The minimum Gasteiger partial charge on any atom is -0.365 e. The van der Waals surface area contributed by atoms with E-state index in [0.717, 1.165) is 12.1 Å². The van der Waals surface area contributed by atoms with Gasteiger partial charge in [-0.3, -0.25) is 4.57 Å². The number of aliphatic hydroxyl groups excluding tert-OH is 1. The quantitative estimate of drug-likeness (QED) is 0.624. The van der Waals surface area contributed by atoms with E-state index < -0.39 is 23.8 Å². The van der Waals surface area contributed by atoms with Crippen molar-refractivity contribution in [2.75, 3.05) is 0 Å². The highest BCUT2D eigenvalue weighted by molar-refractivity contribution is 6.15. The van der Waals surface area contributed by atoms with Gasteiger partial charge in [-0.05, 0) is 44.2 Å². The van der Waals surface area contributed by atoms with Gasteiger partial charge in [0.25, 0.3) is 0 Å². The third-order valence-corrected chi connectivity index (χ3v) is 4.80. The normalized spacial score (nSPS) is 16.2. The van der Waals surface area contributed by atoms with Crippen molar-refractivity contribution in [2.24, 2.45) is 4.99 Å². The maximum Gasteiger partial charge on any atom is 0.416 e. The molecule has 0 saturated carbocycles. The van der Waals surface area contributed by atoms with Gasteiger partial charge in [-0.2, -0.15) is 13.2 Å². The SMILES string of the molecule is Cc1nc2n(c1C)-c1ccc(C(F)(F)F)cc1C(c1ccccc1F)=NC2O. The van der Waals surface area contributed by atoms with Gasteiger partial charge in [0.15, 0.2) is 5.82 Å². The van der Waals surface area contributed by atoms with Gasteiger partial charge in [-0.25, -0.2) is 14.4 Å². The molecule has 4 rings (SSSR count). The number of rotatable bonds is 1. The van der Waals surface area contributed by atoms with Crippen LogP contribution in [-0.2, 0) is 6.18 Å². The molecule has 1 aliphatic rings. The zero-order valence-electron chi connectivity index (χ0n) is 14.9. The second kappa shape index (κ2) is 6.27. The largest absolute Gasteiger partial charge is 0.416 e. The fourth-order valence-electron chi connectivity index (χ4n) is 3.33. The first-order chi connectivity index (χ1) is 13.2. The van der Waals surface area contributed by atoms with Crippen LogP contribution in [-0.4, -0.2) is 20.4 Å². The van der Waals surface area contributed by atoms with E-state index in [0.29, 0.717) is 17.1 Å². The van der Waals surface area contributed by atoms with Crippen LogP contribution in [0.4, 0.5) is 17.6 Å². The highest BCUT2D eigenvalue weighted by Gasteiger charge is 2.34. The minimum absolute atomic E-state index is 0.00209. The van der Waals surface area contributed by atoms with E-state index in [1.165, 1.54) is 24.3 Å². The van der Waals surface area contributed by atoms with Crippen molar-refractivity contribution in [3.63, 3.8) is 0 Å². The first kappa shape index (κ1) is 18.4. The molecular weight excluding hydrogens is 374 g/mol. The number of imidazole rings is 1. The number of aryl methyl sites for hydroxylation is 1. The monoisotopic (exact) mass is 389 g/mol. The van der Waals surface area contributed by atoms with Crippen molar-refractivity contribution < 1.29 is 22.7 Å². The average molecular weight is 389 g/mol. The Hall–Kier alpha value is -3.00. The third kappa shape index (κ3) is 2.80. The third-order valence-electron chi connectivity index (χ3n) is 4.80. The maximum absolute atomic E-state index is 14.5. The molecule has 1 N–H and O–H groups in total. The summed E-state index contributed by atoms with van der Waals surface area (Å²) in [5.74, 6) is -0.480. The molecule has 1 unspecified atom stereocenters. The molecule has 4 nitrogen and oxygen atoms in total. The molecule has 0 aliphatic carbocycles. The van der Waals surface area contributed by atoms with E-state index in [1.54, 1.807) is 24.5 Å².